The van der Waals surface area contributed by atoms with E-state index in [1.165, 1.54) is 12.1 Å². The maximum Gasteiger partial charge on any atom is 0.132 e. The number of halogens is 1. The van der Waals surface area contributed by atoms with Crippen molar-refractivity contribution in [3.05, 3.63) is 41.0 Å². The van der Waals surface area contributed by atoms with Crippen molar-refractivity contribution in [2.24, 2.45) is 0 Å². The van der Waals surface area contributed by atoms with Crippen molar-refractivity contribution in [3.63, 3.8) is 0 Å². The molecule has 1 aromatic heterocycles. The highest BCUT2D eigenvalue weighted by Gasteiger charge is 2.13. The first-order chi connectivity index (χ1) is 9.06. The van der Waals surface area contributed by atoms with Crippen LogP contribution < -0.4 is 5.32 Å². The summed E-state index contributed by atoms with van der Waals surface area (Å²) >= 11 is 0. The molecular weight excluding hydrogens is 241 g/mol. The Morgan fingerprint density at radius 2 is 1.95 bits per heavy atom. The first-order valence-electron chi connectivity index (χ1n) is 6.38. The summed E-state index contributed by atoms with van der Waals surface area (Å²) in [6, 6.07) is 4.77. The summed E-state index contributed by atoms with van der Waals surface area (Å²) in [5, 5.41) is 3.09. The van der Waals surface area contributed by atoms with Crippen molar-refractivity contribution < 1.29 is 4.39 Å². The topological polar surface area (TPSA) is 37.8 Å². The maximum absolute atomic E-state index is 13.2. The molecule has 0 amide bonds. The molecule has 3 nitrogen and oxygen atoms in total. The number of nitrogens with zero attached hydrogens (tertiary/aromatic N) is 2. The van der Waals surface area contributed by atoms with E-state index >= 15 is 0 Å². The van der Waals surface area contributed by atoms with Crippen LogP contribution in [0.4, 0.5) is 10.2 Å². The Morgan fingerprint density at radius 3 is 2.53 bits per heavy atom. The van der Waals surface area contributed by atoms with Crippen LogP contribution in [0.15, 0.2) is 18.2 Å². The second-order valence-corrected chi connectivity index (χ2v) is 4.52. The largest absolute Gasteiger partial charge is 0.373 e. The van der Waals surface area contributed by atoms with E-state index in [4.69, 9.17) is 0 Å². The molecule has 4 heteroatoms. The zero-order valence-corrected chi connectivity index (χ0v) is 11.7. The molecule has 0 saturated heterocycles. The van der Waals surface area contributed by atoms with E-state index in [0.717, 1.165) is 40.4 Å². The fourth-order valence-electron chi connectivity index (χ4n) is 2.12. The number of hydrogen-bond donors (Lipinski definition) is 1. The molecule has 0 spiro atoms. The number of rotatable bonds is 3. The zero-order valence-electron chi connectivity index (χ0n) is 11.7. The third kappa shape index (κ3) is 2.57. The Morgan fingerprint density at radius 1 is 1.21 bits per heavy atom. The first kappa shape index (κ1) is 13.5. The third-order valence-electron chi connectivity index (χ3n) is 3.19. The molecule has 100 valence electrons. The molecule has 2 aromatic rings. The molecule has 19 heavy (non-hydrogen) atoms. The summed E-state index contributed by atoms with van der Waals surface area (Å²) in [7, 11) is 1.84. The Kier molecular flexibility index (Phi) is 3.79. The Hall–Kier alpha value is -1.97. The zero-order chi connectivity index (χ0) is 14.0. The fourth-order valence-corrected chi connectivity index (χ4v) is 2.12. The van der Waals surface area contributed by atoms with Gasteiger partial charge in [-0.3, -0.25) is 0 Å². The van der Waals surface area contributed by atoms with Crippen molar-refractivity contribution in [2.75, 3.05) is 12.4 Å². The highest BCUT2D eigenvalue weighted by molar-refractivity contribution is 5.70. The van der Waals surface area contributed by atoms with Gasteiger partial charge in [-0.1, -0.05) is 6.92 Å². The van der Waals surface area contributed by atoms with Crippen LogP contribution in [0.2, 0.25) is 0 Å². The van der Waals surface area contributed by atoms with Gasteiger partial charge in [0, 0.05) is 24.6 Å². The summed E-state index contributed by atoms with van der Waals surface area (Å²) in [4.78, 5) is 9.03. The minimum atomic E-state index is -0.225. The van der Waals surface area contributed by atoms with Crippen molar-refractivity contribution in [2.45, 2.75) is 27.2 Å². The van der Waals surface area contributed by atoms with E-state index in [-0.39, 0.29) is 5.82 Å². The van der Waals surface area contributed by atoms with E-state index in [9.17, 15) is 4.39 Å². The number of benzene rings is 1. The molecule has 1 N–H and O–H groups in total. The quantitative estimate of drug-likeness (QED) is 0.916. The monoisotopic (exact) mass is 259 g/mol. The van der Waals surface area contributed by atoms with E-state index in [2.05, 4.69) is 15.3 Å². The lowest BCUT2D eigenvalue weighted by Crippen LogP contribution is -2.05. The van der Waals surface area contributed by atoms with Crippen LogP contribution in [0.3, 0.4) is 0 Å². The van der Waals surface area contributed by atoms with Gasteiger partial charge in [0.15, 0.2) is 0 Å². The van der Waals surface area contributed by atoms with Crippen molar-refractivity contribution in [1.82, 2.24) is 9.97 Å². The highest BCUT2D eigenvalue weighted by atomic mass is 19.1. The summed E-state index contributed by atoms with van der Waals surface area (Å²) in [5.41, 5.74) is 3.68. The van der Waals surface area contributed by atoms with Gasteiger partial charge >= 0.3 is 0 Å². The second kappa shape index (κ2) is 5.34. The number of aryl methyl sites for hydroxylation is 2. The summed E-state index contributed by atoms with van der Waals surface area (Å²) in [5.74, 6) is 1.39. The van der Waals surface area contributed by atoms with Crippen LogP contribution in [0.5, 0.6) is 0 Å². The van der Waals surface area contributed by atoms with Gasteiger partial charge in [0.05, 0.1) is 5.69 Å². The van der Waals surface area contributed by atoms with Crippen LogP contribution in [-0.4, -0.2) is 17.0 Å². The predicted molar refractivity (Wildman–Crippen MR) is 75.8 cm³/mol. The molecule has 0 fully saturated rings. The van der Waals surface area contributed by atoms with Gasteiger partial charge in [-0.2, -0.15) is 0 Å². The maximum atomic E-state index is 13.2. The van der Waals surface area contributed by atoms with E-state index in [1.807, 2.05) is 27.8 Å². The standard InChI is InChI=1S/C15H18FN3/c1-5-13-18-14(10(3)15(17-4)19-13)12-7-6-11(16)8-9(12)2/h6-8H,5H2,1-4H3,(H,17,18,19). The average Bonchev–Trinajstić information content (AvgIpc) is 2.40. The minimum Gasteiger partial charge on any atom is -0.373 e. The number of anilines is 1. The van der Waals surface area contributed by atoms with Crippen molar-refractivity contribution in [1.29, 1.82) is 0 Å². The fraction of sp³-hybridized carbons (Fsp3) is 0.333. The lowest BCUT2D eigenvalue weighted by molar-refractivity contribution is 0.627. The molecule has 0 unspecified atom stereocenters. The SMILES string of the molecule is CCc1nc(NC)c(C)c(-c2ccc(F)cc2C)n1. The van der Waals surface area contributed by atoms with Crippen LogP contribution in [0.25, 0.3) is 11.3 Å². The molecule has 0 aliphatic carbocycles. The second-order valence-electron chi connectivity index (χ2n) is 4.52. The smallest absolute Gasteiger partial charge is 0.132 e. The molecular formula is C15H18FN3. The number of hydrogen-bond acceptors (Lipinski definition) is 3. The van der Waals surface area contributed by atoms with Crippen LogP contribution >= 0.6 is 0 Å². The van der Waals surface area contributed by atoms with Gasteiger partial charge < -0.3 is 5.32 Å². The molecule has 1 aromatic carbocycles. The highest BCUT2D eigenvalue weighted by Crippen LogP contribution is 2.28. The van der Waals surface area contributed by atoms with Crippen molar-refractivity contribution in [3.8, 4) is 11.3 Å². The lowest BCUT2D eigenvalue weighted by Gasteiger charge is -2.13. The number of nitrogens with one attached hydrogen (secondary N) is 1. The molecule has 0 radical (unpaired) electrons. The minimum absolute atomic E-state index is 0.225. The third-order valence-corrected chi connectivity index (χ3v) is 3.19. The molecule has 2 rings (SSSR count). The molecule has 0 aliphatic rings. The normalized spacial score (nSPS) is 10.6. The van der Waals surface area contributed by atoms with E-state index in [1.54, 1.807) is 6.07 Å². The van der Waals surface area contributed by atoms with Gasteiger partial charge in [-0.15, -0.1) is 0 Å². The van der Waals surface area contributed by atoms with Crippen LogP contribution in [0, 0.1) is 19.7 Å². The molecule has 0 saturated carbocycles. The molecule has 0 aliphatic heterocycles. The molecule has 0 bridgehead atoms. The number of aromatic nitrogens is 2. The average molecular weight is 259 g/mol. The van der Waals surface area contributed by atoms with E-state index in [0.29, 0.717) is 0 Å². The Labute approximate surface area is 112 Å². The van der Waals surface area contributed by atoms with Gasteiger partial charge in [-0.05, 0) is 37.6 Å². The Balaban J connectivity index is 2.66. The van der Waals surface area contributed by atoms with Crippen LogP contribution in [0.1, 0.15) is 23.9 Å². The first-order valence-corrected chi connectivity index (χ1v) is 6.38. The van der Waals surface area contributed by atoms with Gasteiger partial charge in [0.2, 0.25) is 0 Å². The molecule has 1 heterocycles. The van der Waals surface area contributed by atoms with E-state index < -0.39 is 0 Å². The predicted octanol–water partition coefficient (Wildman–Crippen LogP) is 3.50. The van der Waals surface area contributed by atoms with Crippen molar-refractivity contribution >= 4 is 5.82 Å². The van der Waals surface area contributed by atoms with Gasteiger partial charge in [0.1, 0.15) is 17.5 Å². The summed E-state index contributed by atoms with van der Waals surface area (Å²) in [6.45, 7) is 5.89. The lowest BCUT2D eigenvalue weighted by atomic mass is 10.0. The van der Waals surface area contributed by atoms with Crippen LogP contribution in [-0.2, 0) is 6.42 Å². The van der Waals surface area contributed by atoms with Gasteiger partial charge in [-0.25, -0.2) is 14.4 Å². The Bertz CT molecular complexity index is 609. The summed E-state index contributed by atoms with van der Waals surface area (Å²) in [6.07, 6.45) is 0.766. The molecule has 0 atom stereocenters. The van der Waals surface area contributed by atoms with Gasteiger partial charge in [0.25, 0.3) is 0 Å². The summed E-state index contributed by atoms with van der Waals surface area (Å²) < 4.78 is 13.2.